The van der Waals surface area contributed by atoms with E-state index in [0.29, 0.717) is 80.8 Å². The number of aryl methyl sites for hydroxylation is 2. The van der Waals surface area contributed by atoms with E-state index in [1.165, 1.54) is 32.7 Å². The van der Waals surface area contributed by atoms with Gasteiger partial charge in [0.1, 0.15) is 46.4 Å². The fourth-order valence-electron chi connectivity index (χ4n) is 15.4. The molecule has 6 N–H and O–H groups in total. The largest absolute Gasteiger partial charge is 0.481 e. The number of methoxy groups -OCH3 is 2. The summed E-state index contributed by atoms with van der Waals surface area (Å²) in [6, 6.07) is 17.6. The lowest BCUT2D eigenvalue weighted by atomic mass is 9.84. The number of hydrogen-bond donors (Lipinski definition) is 5. The summed E-state index contributed by atoms with van der Waals surface area (Å²) < 4.78 is 40.6. The van der Waals surface area contributed by atoms with Crippen LogP contribution in [0.15, 0.2) is 83.8 Å². The molecular weight excluding hydrogens is 1460 g/mol. The Kier molecular flexibility index (Phi) is 26.6. The molecule has 6 aromatic heterocycles. The first-order valence-corrected chi connectivity index (χ1v) is 40.2. The number of ether oxygens (including phenoxy) is 6. The predicted molar refractivity (Wildman–Crippen MR) is 429 cm³/mol. The number of carbonyl (C=O) groups is 6. The van der Waals surface area contributed by atoms with Gasteiger partial charge < -0.3 is 53.7 Å². The number of thiazole rings is 2. The summed E-state index contributed by atoms with van der Waals surface area (Å²) in [4.78, 5) is 98.3. The number of aliphatic carboxylic acids is 1. The molecule has 6 aliphatic rings. The maximum atomic E-state index is 14.4. The monoisotopic (exact) mass is 1560 g/mol. The van der Waals surface area contributed by atoms with Crippen LogP contribution in [-0.2, 0) is 83.1 Å². The Hall–Kier alpha value is -8.03. The van der Waals surface area contributed by atoms with Gasteiger partial charge in [-0.25, -0.2) is 20.8 Å². The highest BCUT2D eigenvalue weighted by Crippen LogP contribution is 2.46. The number of hydrogen-bond acceptors (Lipinski definition) is 21. The summed E-state index contributed by atoms with van der Waals surface area (Å²) in [5, 5.41) is 21.5. The third-order valence-electron chi connectivity index (χ3n) is 21.8. The Bertz CT molecular complexity index is 4650. The second-order valence-electron chi connectivity index (χ2n) is 31.1. The highest BCUT2D eigenvalue weighted by Gasteiger charge is 2.46. The van der Waals surface area contributed by atoms with Crippen molar-refractivity contribution in [2.24, 2.45) is 40.2 Å². The molecule has 4 fully saturated rings. The van der Waals surface area contributed by atoms with E-state index < -0.39 is 59.1 Å². The third-order valence-corrected chi connectivity index (χ3v) is 23.6. The van der Waals surface area contributed by atoms with Crippen molar-refractivity contribution >= 4 is 93.6 Å². The number of cyclic esters (lactones) is 2. The number of benzene rings is 2. The van der Waals surface area contributed by atoms with Gasteiger partial charge in [0.25, 0.3) is 11.8 Å². The standard InChI is InChI=1S/C41H52N6O6S.C36H46N6O5S.C5H8O2.H2S/c1-8-46-32-15-14-25-19-28(32)29(35(46)26-12-10-16-42-33(26)24(4)51-7)20-41(5,6)22-53-40(50)30-13-11-17-47(45-30)39(49)34(44-37(48)27-18-23(27)3)36(52-9-2)38-43-31(25)21-54-38;1-7-41-28-14-13-22-17-24(28)25(31(41)23-11-9-15-38-30(23)21(3)45-6)18-36(4,5)20-47-35(44)26-12-10-16-42(40-26)34(43)29(37)32(46-8-2)33-39-27(22)19-48-33;1-3-2-4(3)5(6)7;/h10,12,14-16,19,21,23-24,27,30,34,36,45H,8-9,11,13,17-18,20,22H2,1-7H3,(H,44,48);9,11,13-15,17,19,21,26,29,32,40H,7-8,10,12,16,18,20,37H2,1-6H3;3-4H,2H2,1H3,(H,6,7);1H2/t23-,24-,27-,30-,34-,36-;21-,26-,29-,32-;3-,4-;/m000./s1. The van der Waals surface area contributed by atoms with Crippen LogP contribution in [0.4, 0.5) is 0 Å². The van der Waals surface area contributed by atoms with Gasteiger partial charge in [0.05, 0.1) is 65.5 Å². The molecule has 12 bridgehead atoms. The SMILES string of the molecule is CCO[C@@H]1c2nc(cs2)-c2ccc3c(c2)c(c(-c2cccnc2[C@H](C)OC)n3CC)CC(C)(C)COC(=O)[C@@H]2CCCN(N2)C(=O)[C@H]1N.CCO[C@@H]1c2nc(cs2)-c2ccc3c(c2)c(c(-c2cccnc2[C@H](C)OC)n3CC)CC(C)(C)COC(=O)[C@@H]2CCCN(N2)C(=O)[C@H]1NC(=O)[C@H]1C[C@@H]1C.C[C@H]1C[C@@H]1C(=O)O.S. The number of pyridine rings is 2. The zero-order valence-electron chi connectivity index (χ0n) is 65.6. The van der Waals surface area contributed by atoms with Crippen molar-refractivity contribution < 1.29 is 62.3 Å². The third kappa shape index (κ3) is 17.9. The van der Waals surface area contributed by atoms with Crippen molar-refractivity contribution in [3.05, 3.63) is 116 Å². The van der Waals surface area contributed by atoms with Crippen molar-refractivity contribution in [3.63, 3.8) is 0 Å². The van der Waals surface area contributed by atoms with E-state index in [1.807, 2.05) is 64.4 Å². The number of aromatic nitrogens is 6. The van der Waals surface area contributed by atoms with Gasteiger partial charge in [0.15, 0.2) is 0 Å². The Balaban J connectivity index is 0.000000199. The fraction of sp³-hybridized carbons (Fsp3) is 0.537. The Morgan fingerprint density at radius 2 is 1.10 bits per heavy atom. The molecule has 4 aliphatic heterocycles. The number of carboxylic acid groups (broad SMARTS) is 1. The second kappa shape index (κ2) is 35.3. The summed E-state index contributed by atoms with van der Waals surface area (Å²) in [5.41, 5.74) is 25.7. The number of hydrazine groups is 2. The van der Waals surface area contributed by atoms with Crippen molar-refractivity contribution in [2.45, 2.75) is 196 Å². The Morgan fingerprint density at radius 3 is 1.51 bits per heavy atom. The van der Waals surface area contributed by atoms with Gasteiger partial charge in [0.2, 0.25) is 5.91 Å². The average Bonchev–Trinajstić information content (AvgIpc) is 1.59. The van der Waals surface area contributed by atoms with Gasteiger partial charge in [-0.05, 0) is 164 Å². The molecule has 14 rings (SSSR count). The topological polar surface area (TPSA) is 308 Å². The molecule has 2 aliphatic carbocycles. The number of amides is 3. The molecule has 0 spiro atoms. The average molecular weight is 1570 g/mol. The van der Waals surface area contributed by atoms with Gasteiger partial charge in [-0.3, -0.25) is 48.8 Å². The quantitative estimate of drug-likeness (QED) is 0.0596. The normalized spacial score (nSPS) is 24.4. The minimum atomic E-state index is -1.05. The van der Waals surface area contributed by atoms with Crippen LogP contribution in [0.25, 0.3) is 66.8 Å². The van der Waals surface area contributed by atoms with E-state index in [9.17, 15) is 28.8 Å². The fourth-order valence-corrected chi connectivity index (χ4v) is 17.2. The van der Waals surface area contributed by atoms with Crippen LogP contribution >= 0.6 is 36.2 Å². The number of rotatable bonds is 15. The molecule has 12 atom stereocenters. The van der Waals surface area contributed by atoms with E-state index >= 15 is 0 Å². The van der Waals surface area contributed by atoms with Crippen LogP contribution in [0.3, 0.4) is 0 Å². The molecule has 8 aromatic rings. The van der Waals surface area contributed by atoms with Gasteiger partial charge in [-0.2, -0.15) is 13.5 Å². The molecule has 10 heterocycles. The molecule has 28 heteroatoms. The molecule has 2 aromatic carbocycles. The van der Waals surface area contributed by atoms with Gasteiger partial charge >= 0.3 is 17.9 Å². The van der Waals surface area contributed by atoms with Crippen molar-refractivity contribution in [1.82, 2.24) is 55.3 Å². The number of nitrogens with one attached hydrogen (secondary N) is 3. The Labute approximate surface area is 658 Å². The number of carbonyl (C=O) groups excluding carboxylic acids is 5. The lowest BCUT2D eigenvalue weighted by Gasteiger charge is -2.37. The molecular formula is C82H108N12O13S3. The number of carboxylic acids is 1. The molecule has 0 radical (unpaired) electrons. The van der Waals surface area contributed by atoms with E-state index in [2.05, 4.69) is 115 Å². The van der Waals surface area contributed by atoms with Crippen molar-refractivity contribution in [1.29, 1.82) is 0 Å². The molecule has 25 nitrogen and oxygen atoms in total. The molecule has 110 heavy (non-hydrogen) atoms. The van der Waals surface area contributed by atoms with E-state index in [-0.39, 0.29) is 80.4 Å². The minimum Gasteiger partial charge on any atom is -0.481 e. The first kappa shape index (κ1) is 82.9. The smallest absolute Gasteiger partial charge is 0.324 e. The molecule has 2 saturated heterocycles. The summed E-state index contributed by atoms with van der Waals surface area (Å²) in [5.74, 6) is -1.80. The zero-order chi connectivity index (χ0) is 77.9. The van der Waals surface area contributed by atoms with Crippen LogP contribution < -0.4 is 21.9 Å². The van der Waals surface area contributed by atoms with Crippen molar-refractivity contribution in [3.8, 4) is 45.0 Å². The van der Waals surface area contributed by atoms with Gasteiger partial charge in [-0.15, -0.1) is 22.7 Å². The highest BCUT2D eigenvalue weighted by atomic mass is 32.1. The second-order valence-corrected chi connectivity index (χ2v) is 32.9. The Morgan fingerprint density at radius 1 is 0.664 bits per heavy atom. The molecule has 2 saturated carbocycles. The molecule has 592 valence electrons. The molecule has 0 unspecified atom stereocenters. The van der Waals surface area contributed by atoms with Crippen molar-refractivity contribution in [2.75, 3.05) is 53.7 Å². The van der Waals surface area contributed by atoms with Crippen LogP contribution in [-0.4, -0.2) is 158 Å². The van der Waals surface area contributed by atoms with E-state index in [4.69, 9.17) is 59.2 Å². The van der Waals surface area contributed by atoms with Crippen LogP contribution in [0, 0.1) is 34.5 Å². The zero-order valence-corrected chi connectivity index (χ0v) is 68.3. The van der Waals surface area contributed by atoms with Gasteiger partial charge in [0, 0.05) is 138 Å². The lowest BCUT2D eigenvalue weighted by Crippen LogP contribution is -2.61. The summed E-state index contributed by atoms with van der Waals surface area (Å²) >= 11 is 2.84. The van der Waals surface area contributed by atoms with E-state index in [0.717, 1.165) is 115 Å². The summed E-state index contributed by atoms with van der Waals surface area (Å²) in [6.45, 7) is 27.8. The lowest BCUT2D eigenvalue weighted by molar-refractivity contribution is -0.157. The van der Waals surface area contributed by atoms with Crippen LogP contribution in [0.2, 0.25) is 0 Å². The van der Waals surface area contributed by atoms with Crippen LogP contribution in [0.5, 0.6) is 0 Å². The number of nitrogens with two attached hydrogens (primary N) is 1. The maximum absolute atomic E-state index is 14.4. The summed E-state index contributed by atoms with van der Waals surface area (Å²) in [7, 11) is 3.39. The number of nitrogens with zero attached hydrogens (tertiary/aromatic N) is 8. The number of esters is 2. The first-order chi connectivity index (χ1) is 52.2. The maximum Gasteiger partial charge on any atom is 0.324 e. The van der Waals surface area contributed by atoms with Crippen LogP contribution in [0.1, 0.15) is 179 Å². The predicted octanol–water partition coefficient (Wildman–Crippen LogP) is 12.8. The van der Waals surface area contributed by atoms with E-state index in [1.54, 1.807) is 26.6 Å². The minimum absolute atomic E-state index is 0. The molecule has 3 amide bonds. The van der Waals surface area contributed by atoms with Gasteiger partial charge in [-0.1, -0.05) is 53.7 Å². The first-order valence-electron chi connectivity index (χ1n) is 38.4. The number of fused-ring (bicyclic) bond motifs is 12. The summed E-state index contributed by atoms with van der Waals surface area (Å²) in [6.07, 6.45) is 6.78. The highest BCUT2D eigenvalue weighted by molar-refractivity contribution is 7.59.